The summed E-state index contributed by atoms with van der Waals surface area (Å²) in [7, 11) is 1.22. The molecule has 0 fully saturated rings. The summed E-state index contributed by atoms with van der Waals surface area (Å²) >= 11 is 0. The molecule has 8 heteroatoms. The first-order valence-electron chi connectivity index (χ1n) is 6.78. The van der Waals surface area contributed by atoms with Crippen molar-refractivity contribution in [2.75, 3.05) is 7.11 Å². The number of allylic oxidation sites excluding steroid dienone is 3. The first-order valence-corrected chi connectivity index (χ1v) is 6.78. The van der Waals surface area contributed by atoms with Crippen LogP contribution >= 0.6 is 0 Å². The van der Waals surface area contributed by atoms with Gasteiger partial charge in [-0.25, -0.2) is 9.59 Å². The quantitative estimate of drug-likeness (QED) is 0.249. The van der Waals surface area contributed by atoms with Gasteiger partial charge in [0, 0.05) is 23.6 Å². The van der Waals surface area contributed by atoms with Crippen molar-refractivity contribution in [2.24, 2.45) is 5.92 Å². The molecular formula is C15H15NO7. The molecule has 0 aromatic carbocycles. The number of hydrogen-bond acceptors (Lipinski definition) is 7. The van der Waals surface area contributed by atoms with E-state index in [9.17, 15) is 19.7 Å². The van der Waals surface area contributed by atoms with Crippen molar-refractivity contribution in [2.45, 2.75) is 19.6 Å². The molecule has 0 radical (unpaired) electrons. The van der Waals surface area contributed by atoms with E-state index in [1.54, 1.807) is 6.92 Å². The summed E-state index contributed by atoms with van der Waals surface area (Å²) < 4.78 is 14.9. The van der Waals surface area contributed by atoms with Crippen molar-refractivity contribution < 1.29 is 28.7 Å². The largest absolute Gasteiger partial charge is 0.466 e. The van der Waals surface area contributed by atoms with Gasteiger partial charge in [0.25, 0.3) is 12.0 Å². The van der Waals surface area contributed by atoms with E-state index in [2.05, 4.69) is 0 Å². The van der Waals surface area contributed by atoms with Crippen molar-refractivity contribution in [3.05, 3.63) is 57.5 Å². The van der Waals surface area contributed by atoms with Gasteiger partial charge in [-0.3, -0.25) is 10.1 Å². The fourth-order valence-corrected chi connectivity index (χ4v) is 2.09. The summed E-state index contributed by atoms with van der Waals surface area (Å²) in [6.45, 7) is 1.59. The number of cyclic esters (lactones) is 1. The standard InChI is InChI=1S/C15H15NO7/c1-9-7-13(23-14(9)17)22-8-12(15(18)21-2)10-3-5-11(6-4-10)16(19)20/h3,5-8,10,13H,4H2,1-2H3/b12-8+. The third-order valence-corrected chi connectivity index (χ3v) is 3.37. The van der Waals surface area contributed by atoms with E-state index in [0.717, 1.165) is 0 Å². The highest BCUT2D eigenvalue weighted by molar-refractivity contribution is 5.90. The van der Waals surface area contributed by atoms with E-state index in [-0.39, 0.29) is 17.7 Å². The highest BCUT2D eigenvalue weighted by Crippen LogP contribution is 2.25. The summed E-state index contributed by atoms with van der Waals surface area (Å²) in [4.78, 5) is 33.3. The topological polar surface area (TPSA) is 105 Å². The van der Waals surface area contributed by atoms with E-state index < -0.39 is 29.1 Å². The van der Waals surface area contributed by atoms with Gasteiger partial charge < -0.3 is 14.2 Å². The Hall–Kier alpha value is -2.90. The van der Waals surface area contributed by atoms with Crippen LogP contribution in [0.1, 0.15) is 13.3 Å². The second-order valence-corrected chi connectivity index (χ2v) is 4.91. The Morgan fingerprint density at radius 3 is 2.74 bits per heavy atom. The van der Waals surface area contributed by atoms with Gasteiger partial charge in [-0.2, -0.15) is 0 Å². The van der Waals surface area contributed by atoms with Crippen LogP contribution in [0.5, 0.6) is 0 Å². The van der Waals surface area contributed by atoms with Crippen molar-refractivity contribution >= 4 is 11.9 Å². The molecule has 0 saturated carbocycles. The lowest BCUT2D eigenvalue weighted by Gasteiger charge is -2.16. The van der Waals surface area contributed by atoms with Gasteiger partial charge in [0.15, 0.2) is 0 Å². The fourth-order valence-electron chi connectivity index (χ4n) is 2.09. The second-order valence-electron chi connectivity index (χ2n) is 4.91. The third kappa shape index (κ3) is 3.85. The lowest BCUT2D eigenvalue weighted by molar-refractivity contribution is -0.419. The van der Waals surface area contributed by atoms with Crippen LogP contribution in [0.3, 0.4) is 0 Å². The number of methoxy groups -OCH3 is 1. The maximum atomic E-state index is 11.9. The maximum absolute atomic E-state index is 11.9. The summed E-state index contributed by atoms with van der Waals surface area (Å²) in [6.07, 6.45) is 6.28. The molecule has 1 aliphatic heterocycles. The summed E-state index contributed by atoms with van der Waals surface area (Å²) in [5.41, 5.74) is 0.560. The van der Waals surface area contributed by atoms with Gasteiger partial charge in [0.1, 0.15) is 0 Å². The molecular weight excluding hydrogens is 306 g/mol. The number of carbonyl (C=O) groups excluding carboxylic acids is 2. The molecule has 0 saturated heterocycles. The number of nitrogens with zero attached hydrogens (tertiary/aromatic N) is 1. The number of carbonyl (C=O) groups is 2. The predicted octanol–water partition coefficient (Wildman–Crippen LogP) is 1.63. The number of ether oxygens (including phenoxy) is 3. The van der Waals surface area contributed by atoms with E-state index in [1.807, 2.05) is 0 Å². The molecule has 0 aromatic rings. The Balaban J connectivity index is 2.11. The molecule has 0 bridgehead atoms. The van der Waals surface area contributed by atoms with Gasteiger partial charge in [-0.05, 0) is 19.4 Å². The Morgan fingerprint density at radius 1 is 1.52 bits per heavy atom. The van der Waals surface area contributed by atoms with Crippen LogP contribution < -0.4 is 0 Å². The van der Waals surface area contributed by atoms with Crippen LogP contribution in [0.4, 0.5) is 0 Å². The van der Waals surface area contributed by atoms with Crippen LogP contribution in [0, 0.1) is 16.0 Å². The van der Waals surface area contributed by atoms with Gasteiger partial charge in [0.05, 0.1) is 23.9 Å². The Kier molecular flexibility index (Phi) is 4.95. The molecule has 2 aliphatic rings. The van der Waals surface area contributed by atoms with Gasteiger partial charge in [-0.15, -0.1) is 0 Å². The molecule has 0 amide bonds. The summed E-state index contributed by atoms with van der Waals surface area (Å²) in [6, 6.07) is 0. The average molecular weight is 321 g/mol. The Morgan fingerprint density at radius 2 is 2.26 bits per heavy atom. The van der Waals surface area contributed by atoms with Crippen molar-refractivity contribution in [3.63, 3.8) is 0 Å². The minimum Gasteiger partial charge on any atom is -0.466 e. The highest BCUT2D eigenvalue weighted by Gasteiger charge is 2.26. The smallest absolute Gasteiger partial charge is 0.337 e. The van der Waals surface area contributed by atoms with Crippen LogP contribution in [-0.4, -0.2) is 30.3 Å². The zero-order valence-electron chi connectivity index (χ0n) is 12.6. The summed E-state index contributed by atoms with van der Waals surface area (Å²) in [5, 5.41) is 10.7. The first kappa shape index (κ1) is 16.5. The lowest BCUT2D eigenvalue weighted by atomic mass is 9.92. The molecule has 2 atom stereocenters. The minimum absolute atomic E-state index is 0.0327. The van der Waals surface area contributed by atoms with Crippen molar-refractivity contribution in [1.29, 1.82) is 0 Å². The van der Waals surface area contributed by atoms with E-state index >= 15 is 0 Å². The van der Waals surface area contributed by atoms with E-state index in [0.29, 0.717) is 5.57 Å². The molecule has 122 valence electrons. The molecule has 0 spiro atoms. The highest BCUT2D eigenvalue weighted by atomic mass is 16.7. The number of rotatable bonds is 5. The predicted molar refractivity (Wildman–Crippen MR) is 77.1 cm³/mol. The van der Waals surface area contributed by atoms with Crippen molar-refractivity contribution in [1.82, 2.24) is 0 Å². The molecule has 2 unspecified atom stereocenters. The number of hydrogen-bond donors (Lipinski definition) is 0. The second kappa shape index (κ2) is 6.91. The lowest BCUT2D eigenvalue weighted by Crippen LogP contribution is -2.17. The van der Waals surface area contributed by atoms with Gasteiger partial charge in [-0.1, -0.05) is 6.08 Å². The van der Waals surface area contributed by atoms with Crippen molar-refractivity contribution in [3.8, 4) is 0 Å². The molecule has 0 N–H and O–H groups in total. The van der Waals surface area contributed by atoms with Crippen LogP contribution in [-0.2, 0) is 23.8 Å². The molecule has 1 heterocycles. The zero-order chi connectivity index (χ0) is 17.0. The van der Waals surface area contributed by atoms with Crippen LogP contribution in [0.15, 0.2) is 47.4 Å². The van der Waals surface area contributed by atoms with E-state index in [4.69, 9.17) is 14.2 Å². The first-order chi connectivity index (χ1) is 10.9. The number of nitro groups is 1. The zero-order valence-corrected chi connectivity index (χ0v) is 12.6. The normalized spacial score (nSPS) is 23.7. The van der Waals surface area contributed by atoms with Gasteiger partial charge in [0.2, 0.25) is 0 Å². The third-order valence-electron chi connectivity index (χ3n) is 3.37. The monoisotopic (exact) mass is 321 g/mol. The molecule has 2 rings (SSSR count). The average Bonchev–Trinajstić information content (AvgIpc) is 2.86. The SMILES string of the molecule is COC(=O)/C(=C/OC1C=C(C)C(=O)O1)C1C=CC([N+](=O)[O-])=CC1. The minimum atomic E-state index is -0.903. The summed E-state index contributed by atoms with van der Waals surface area (Å²) in [5.74, 6) is -1.53. The molecule has 23 heavy (non-hydrogen) atoms. The Bertz CT molecular complexity index is 657. The van der Waals surface area contributed by atoms with Crippen LogP contribution in [0.2, 0.25) is 0 Å². The number of esters is 2. The molecule has 8 nitrogen and oxygen atoms in total. The van der Waals surface area contributed by atoms with Crippen LogP contribution in [0.25, 0.3) is 0 Å². The van der Waals surface area contributed by atoms with E-state index in [1.165, 1.54) is 37.7 Å². The fraction of sp³-hybridized carbons (Fsp3) is 0.333. The molecule has 1 aliphatic carbocycles. The Labute approximate surface area is 131 Å². The van der Waals surface area contributed by atoms with Gasteiger partial charge >= 0.3 is 11.9 Å². The molecule has 0 aromatic heterocycles. The maximum Gasteiger partial charge on any atom is 0.337 e.